The number of rotatable bonds is 8. The number of amides is 1. The summed E-state index contributed by atoms with van der Waals surface area (Å²) < 4.78 is 11.1. The molecule has 0 radical (unpaired) electrons. The summed E-state index contributed by atoms with van der Waals surface area (Å²) in [4.78, 5) is 22.9. The standard InChI is InChI=1S/C19H20N2O5/c1-13(2)12-25-17-10-6-4-8-15(17)20-19(22)14(3)26-18-11-7-5-9-16(18)21(23)24/h4-11,14H,1,12H2,2-3H3,(H,20,22). The molecule has 0 aliphatic heterocycles. The van der Waals surface area contributed by atoms with Gasteiger partial charge in [-0.15, -0.1) is 0 Å². The number of benzene rings is 2. The smallest absolute Gasteiger partial charge is 0.310 e. The van der Waals surface area contributed by atoms with Gasteiger partial charge in [0.15, 0.2) is 11.9 Å². The lowest BCUT2D eigenvalue weighted by Crippen LogP contribution is -2.30. The van der Waals surface area contributed by atoms with E-state index in [1.165, 1.54) is 25.1 Å². The van der Waals surface area contributed by atoms with Crippen LogP contribution in [0.25, 0.3) is 0 Å². The molecular weight excluding hydrogens is 336 g/mol. The lowest BCUT2D eigenvalue weighted by atomic mass is 10.2. The van der Waals surface area contributed by atoms with Gasteiger partial charge < -0.3 is 14.8 Å². The van der Waals surface area contributed by atoms with Gasteiger partial charge in [-0.25, -0.2) is 0 Å². The number of hydrogen-bond acceptors (Lipinski definition) is 5. The Morgan fingerprint density at radius 1 is 1.19 bits per heavy atom. The summed E-state index contributed by atoms with van der Waals surface area (Å²) in [6, 6.07) is 12.9. The average molecular weight is 356 g/mol. The number of nitrogens with zero attached hydrogens (tertiary/aromatic N) is 1. The third-order valence-electron chi connectivity index (χ3n) is 3.35. The van der Waals surface area contributed by atoms with Crippen LogP contribution in [0.15, 0.2) is 60.7 Å². The molecule has 2 aromatic carbocycles. The van der Waals surface area contributed by atoms with E-state index in [2.05, 4.69) is 11.9 Å². The van der Waals surface area contributed by atoms with E-state index in [9.17, 15) is 14.9 Å². The van der Waals surface area contributed by atoms with Crippen molar-refractivity contribution >= 4 is 17.3 Å². The first-order valence-electron chi connectivity index (χ1n) is 7.95. The Hall–Kier alpha value is -3.35. The van der Waals surface area contributed by atoms with Crippen LogP contribution in [0.5, 0.6) is 11.5 Å². The maximum Gasteiger partial charge on any atom is 0.310 e. The molecule has 1 atom stereocenters. The van der Waals surface area contributed by atoms with Crippen molar-refractivity contribution in [2.24, 2.45) is 0 Å². The Labute approximate surface area is 151 Å². The zero-order valence-corrected chi connectivity index (χ0v) is 14.6. The van der Waals surface area contributed by atoms with Crippen LogP contribution in [-0.2, 0) is 4.79 Å². The molecule has 26 heavy (non-hydrogen) atoms. The zero-order valence-electron chi connectivity index (χ0n) is 14.6. The number of ether oxygens (including phenoxy) is 2. The molecule has 0 heterocycles. The Kier molecular flexibility index (Phi) is 6.32. The molecule has 136 valence electrons. The van der Waals surface area contributed by atoms with E-state index in [1.807, 2.05) is 6.92 Å². The minimum Gasteiger partial charge on any atom is -0.487 e. The summed E-state index contributed by atoms with van der Waals surface area (Å²) in [5, 5.41) is 13.8. The van der Waals surface area contributed by atoms with E-state index in [1.54, 1.807) is 30.3 Å². The number of anilines is 1. The minimum absolute atomic E-state index is 0.0342. The molecular formula is C19H20N2O5. The van der Waals surface area contributed by atoms with Gasteiger partial charge in [-0.05, 0) is 37.6 Å². The Morgan fingerprint density at radius 3 is 2.46 bits per heavy atom. The number of carbonyl (C=O) groups is 1. The van der Waals surface area contributed by atoms with Gasteiger partial charge in [-0.3, -0.25) is 14.9 Å². The van der Waals surface area contributed by atoms with Crippen molar-refractivity contribution in [1.82, 2.24) is 0 Å². The molecule has 2 aromatic rings. The van der Waals surface area contributed by atoms with Crippen LogP contribution in [0.3, 0.4) is 0 Å². The van der Waals surface area contributed by atoms with Gasteiger partial charge in [-0.1, -0.05) is 30.8 Å². The van der Waals surface area contributed by atoms with Gasteiger partial charge in [0.25, 0.3) is 5.91 Å². The van der Waals surface area contributed by atoms with Crippen molar-refractivity contribution in [3.8, 4) is 11.5 Å². The predicted octanol–water partition coefficient (Wildman–Crippen LogP) is 3.96. The molecule has 0 saturated carbocycles. The van der Waals surface area contributed by atoms with E-state index >= 15 is 0 Å². The first-order valence-corrected chi connectivity index (χ1v) is 7.95. The fourth-order valence-electron chi connectivity index (χ4n) is 2.08. The highest BCUT2D eigenvalue weighted by molar-refractivity contribution is 5.95. The van der Waals surface area contributed by atoms with Crippen molar-refractivity contribution in [1.29, 1.82) is 0 Å². The van der Waals surface area contributed by atoms with Crippen LogP contribution < -0.4 is 14.8 Å². The van der Waals surface area contributed by atoms with Gasteiger partial charge in [0.2, 0.25) is 0 Å². The highest BCUT2D eigenvalue weighted by Crippen LogP contribution is 2.28. The lowest BCUT2D eigenvalue weighted by molar-refractivity contribution is -0.386. The summed E-state index contributed by atoms with van der Waals surface area (Å²) in [6.07, 6.45) is -0.940. The lowest BCUT2D eigenvalue weighted by Gasteiger charge is -2.16. The second-order valence-electron chi connectivity index (χ2n) is 5.72. The number of nitro groups is 1. The van der Waals surface area contributed by atoms with Crippen molar-refractivity contribution in [3.63, 3.8) is 0 Å². The van der Waals surface area contributed by atoms with Crippen molar-refractivity contribution in [2.45, 2.75) is 20.0 Å². The molecule has 0 saturated heterocycles. The molecule has 0 spiro atoms. The highest BCUT2D eigenvalue weighted by Gasteiger charge is 2.21. The molecule has 7 heteroatoms. The number of para-hydroxylation sites is 4. The van der Waals surface area contributed by atoms with Gasteiger partial charge in [0.1, 0.15) is 12.4 Å². The number of nitrogens with one attached hydrogen (secondary N) is 1. The van der Waals surface area contributed by atoms with Crippen LogP contribution in [0.2, 0.25) is 0 Å². The van der Waals surface area contributed by atoms with Gasteiger partial charge in [0, 0.05) is 6.07 Å². The molecule has 1 amide bonds. The van der Waals surface area contributed by atoms with Gasteiger partial charge >= 0.3 is 5.69 Å². The third-order valence-corrected chi connectivity index (χ3v) is 3.35. The maximum atomic E-state index is 12.4. The summed E-state index contributed by atoms with van der Waals surface area (Å²) >= 11 is 0. The van der Waals surface area contributed by atoms with E-state index in [0.717, 1.165) is 5.57 Å². The molecule has 7 nitrogen and oxygen atoms in total. The SMILES string of the molecule is C=C(C)COc1ccccc1NC(=O)C(C)Oc1ccccc1[N+](=O)[O-]. The molecule has 0 aliphatic carbocycles. The van der Waals surface area contributed by atoms with Crippen LogP contribution in [0, 0.1) is 10.1 Å². The van der Waals surface area contributed by atoms with Gasteiger partial charge in [-0.2, -0.15) is 0 Å². The van der Waals surface area contributed by atoms with E-state index in [-0.39, 0.29) is 11.4 Å². The normalized spacial score (nSPS) is 11.3. The zero-order chi connectivity index (χ0) is 19.1. The fourth-order valence-corrected chi connectivity index (χ4v) is 2.08. The monoisotopic (exact) mass is 356 g/mol. The Balaban J connectivity index is 2.08. The molecule has 2 rings (SSSR count). The largest absolute Gasteiger partial charge is 0.487 e. The third kappa shape index (κ3) is 5.07. The minimum atomic E-state index is -0.940. The first-order chi connectivity index (χ1) is 12.4. The summed E-state index contributed by atoms with van der Waals surface area (Å²) in [5.74, 6) is 0.0863. The summed E-state index contributed by atoms with van der Waals surface area (Å²) in [5.41, 5.74) is 1.13. The number of nitro benzene ring substituents is 1. The second kappa shape index (κ2) is 8.66. The molecule has 0 aliphatic rings. The van der Waals surface area contributed by atoms with Crippen LogP contribution >= 0.6 is 0 Å². The predicted molar refractivity (Wildman–Crippen MR) is 98.6 cm³/mol. The average Bonchev–Trinajstić information content (AvgIpc) is 2.61. The topological polar surface area (TPSA) is 90.7 Å². The molecule has 1 unspecified atom stereocenters. The molecule has 0 bridgehead atoms. The van der Waals surface area contributed by atoms with Crippen molar-refractivity contribution < 1.29 is 19.2 Å². The number of carbonyl (C=O) groups excluding carboxylic acids is 1. The molecule has 0 aromatic heterocycles. The van der Waals surface area contributed by atoms with E-state index in [4.69, 9.17) is 9.47 Å². The van der Waals surface area contributed by atoms with Crippen molar-refractivity contribution in [2.75, 3.05) is 11.9 Å². The Morgan fingerprint density at radius 2 is 1.81 bits per heavy atom. The maximum absolute atomic E-state index is 12.4. The highest BCUT2D eigenvalue weighted by atomic mass is 16.6. The fraction of sp³-hybridized carbons (Fsp3) is 0.211. The van der Waals surface area contributed by atoms with E-state index < -0.39 is 16.9 Å². The van der Waals surface area contributed by atoms with Crippen LogP contribution in [0.1, 0.15) is 13.8 Å². The number of hydrogen-bond donors (Lipinski definition) is 1. The first kappa shape index (κ1) is 19.0. The quantitative estimate of drug-likeness (QED) is 0.439. The second-order valence-corrected chi connectivity index (χ2v) is 5.72. The van der Waals surface area contributed by atoms with Crippen LogP contribution in [-0.4, -0.2) is 23.5 Å². The van der Waals surface area contributed by atoms with Gasteiger partial charge in [0.05, 0.1) is 10.6 Å². The van der Waals surface area contributed by atoms with Crippen molar-refractivity contribution in [3.05, 3.63) is 70.8 Å². The Bertz CT molecular complexity index is 819. The molecule has 0 fully saturated rings. The molecule has 1 N–H and O–H groups in total. The summed E-state index contributed by atoms with van der Waals surface area (Å²) in [7, 11) is 0. The van der Waals surface area contributed by atoms with Crippen LogP contribution in [0.4, 0.5) is 11.4 Å². The summed E-state index contributed by atoms with van der Waals surface area (Å²) in [6.45, 7) is 7.45. The van der Waals surface area contributed by atoms with E-state index in [0.29, 0.717) is 18.0 Å².